The minimum absolute atomic E-state index is 0.404. The molecule has 1 unspecified atom stereocenters. The Morgan fingerprint density at radius 3 is 2.59 bits per heavy atom. The molecule has 5 heteroatoms. The minimum Gasteiger partial charge on any atom is -0.484 e. The molecule has 0 aromatic heterocycles. The highest BCUT2D eigenvalue weighted by atomic mass is 16.5. The van der Waals surface area contributed by atoms with E-state index in [1.165, 1.54) is 5.69 Å². The normalized spacial score (nSPS) is 20.8. The van der Waals surface area contributed by atoms with E-state index in [-0.39, 0.29) is 0 Å². The van der Waals surface area contributed by atoms with E-state index in [1.54, 1.807) is 6.07 Å². The van der Waals surface area contributed by atoms with Gasteiger partial charge in [-0.25, -0.2) is 0 Å². The van der Waals surface area contributed by atoms with Crippen molar-refractivity contribution in [3.63, 3.8) is 0 Å². The minimum atomic E-state index is -0.404. The first-order chi connectivity index (χ1) is 15.7. The summed E-state index contributed by atoms with van der Waals surface area (Å²) in [4.78, 5) is 6.57. The second-order valence-corrected chi connectivity index (χ2v) is 8.38. The number of ether oxygens (including phenoxy) is 1. The van der Waals surface area contributed by atoms with E-state index in [4.69, 9.17) is 4.74 Å². The third-order valence-corrected chi connectivity index (χ3v) is 6.28. The first-order valence-corrected chi connectivity index (χ1v) is 10.8. The van der Waals surface area contributed by atoms with E-state index in [1.807, 2.05) is 48.7 Å². The summed E-state index contributed by atoms with van der Waals surface area (Å²) in [6.07, 6.45) is 4.53. The summed E-state index contributed by atoms with van der Waals surface area (Å²) in [6, 6.07) is 26.1. The maximum atomic E-state index is 9.39. The molecular weight excluding hydrogens is 396 g/mol. The first-order valence-electron chi connectivity index (χ1n) is 10.8. The Labute approximate surface area is 187 Å². The van der Waals surface area contributed by atoms with Crippen molar-refractivity contribution in [1.82, 2.24) is 0 Å². The van der Waals surface area contributed by atoms with Gasteiger partial charge in [-0.15, -0.1) is 0 Å². The zero-order valence-electron chi connectivity index (χ0n) is 17.7. The van der Waals surface area contributed by atoms with Crippen molar-refractivity contribution in [3.8, 4) is 29.1 Å². The number of nitriles is 2. The maximum absolute atomic E-state index is 9.39. The molecule has 5 rings (SSSR count). The van der Waals surface area contributed by atoms with Crippen LogP contribution < -0.4 is 9.64 Å². The molecule has 1 saturated heterocycles. The maximum Gasteiger partial charge on any atom is 0.205 e. The van der Waals surface area contributed by atoms with Crippen LogP contribution in [0.3, 0.4) is 0 Å². The Balaban J connectivity index is 1.51. The molecule has 3 aromatic rings. The summed E-state index contributed by atoms with van der Waals surface area (Å²) in [7, 11) is 0. The number of nitrogens with zero attached hydrogens (tertiary/aromatic N) is 4. The molecule has 156 valence electrons. The smallest absolute Gasteiger partial charge is 0.205 e. The van der Waals surface area contributed by atoms with Crippen molar-refractivity contribution in [2.45, 2.75) is 24.9 Å². The number of rotatable bonds is 2. The average Bonchev–Trinajstić information content (AvgIpc) is 2.84. The van der Waals surface area contributed by atoms with Gasteiger partial charge >= 0.3 is 0 Å². The number of benzene rings is 3. The van der Waals surface area contributed by atoms with Gasteiger partial charge in [0.2, 0.25) is 6.19 Å². The van der Waals surface area contributed by atoms with Crippen molar-refractivity contribution in [3.05, 3.63) is 83.9 Å². The van der Waals surface area contributed by atoms with Gasteiger partial charge in [-0.2, -0.15) is 15.5 Å². The molecule has 1 fully saturated rings. The Morgan fingerprint density at radius 2 is 1.78 bits per heavy atom. The van der Waals surface area contributed by atoms with Gasteiger partial charge in [0.25, 0.3) is 0 Å². The fraction of sp³-hybridized carbons (Fsp3) is 0.222. The average molecular weight is 419 g/mol. The van der Waals surface area contributed by atoms with Gasteiger partial charge in [-0.3, -0.25) is 0 Å². The van der Waals surface area contributed by atoms with Crippen LogP contribution >= 0.6 is 0 Å². The topological polar surface area (TPSA) is 72.4 Å². The number of hydrogen-bond acceptors (Lipinski definition) is 5. The van der Waals surface area contributed by atoms with E-state index >= 15 is 0 Å². The summed E-state index contributed by atoms with van der Waals surface area (Å²) in [5.41, 5.74) is 4.95. The third-order valence-electron chi connectivity index (χ3n) is 6.28. The number of hydrogen-bond donors (Lipinski definition) is 0. The standard InChI is InChI=1S/C27H22N4O/c28-17-20-6-4-7-21(14-20)22-10-11-26-24(15-22)25(30-19-29)16-27(32-26)12-5-13-31(18-27)23-8-2-1-3-9-23/h1-4,6-11,14-15H,5,12-13,16,18H2/b30-25-. The van der Waals surface area contributed by atoms with Crippen LogP contribution in [0.15, 0.2) is 77.8 Å². The molecule has 2 aliphatic rings. The van der Waals surface area contributed by atoms with E-state index < -0.39 is 5.60 Å². The van der Waals surface area contributed by atoms with Crippen LogP contribution in [0.25, 0.3) is 11.1 Å². The third kappa shape index (κ3) is 3.70. The summed E-state index contributed by atoms with van der Waals surface area (Å²) >= 11 is 0. The predicted octanol–water partition coefficient (Wildman–Crippen LogP) is 5.32. The molecule has 3 aromatic carbocycles. The lowest BCUT2D eigenvalue weighted by atomic mass is 9.82. The molecule has 0 saturated carbocycles. The molecule has 5 nitrogen and oxygen atoms in total. The molecule has 0 aliphatic carbocycles. The van der Waals surface area contributed by atoms with Gasteiger partial charge < -0.3 is 9.64 Å². The van der Waals surface area contributed by atoms with Crippen LogP contribution in [0.2, 0.25) is 0 Å². The number of piperidine rings is 1. The molecule has 1 spiro atoms. The van der Waals surface area contributed by atoms with Crippen LogP contribution in [-0.4, -0.2) is 24.4 Å². The molecule has 0 bridgehead atoms. The van der Waals surface area contributed by atoms with Crippen LogP contribution in [0, 0.1) is 22.8 Å². The number of anilines is 1. The summed E-state index contributed by atoms with van der Waals surface area (Å²) < 4.78 is 6.64. The van der Waals surface area contributed by atoms with Gasteiger partial charge in [0.15, 0.2) is 0 Å². The lowest BCUT2D eigenvalue weighted by Gasteiger charge is -2.46. The largest absolute Gasteiger partial charge is 0.484 e. The lowest BCUT2D eigenvalue weighted by molar-refractivity contribution is 0.0546. The SMILES string of the molecule is N#C/N=C1/CC2(CCCN(c3ccccc3)C2)Oc2ccc(-c3cccc(C#N)c3)cc21. The molecule has 0 radical (unpaired) electrons. The van der Waals surface area contributed by atoms with Crippen molar-refractivity contribution >= 4 is 11.4 Å². The number of fused-ring (bicyclic) bond motifs is 1. The molecule has 0 amide bonds. The van der Waals surface area contributed by atoms with Crippen LogP contribution in [0.1, 0.15) is 30.4 Å². The Kier molecular flexibility index (Phi) is 5.09. The zero-order valence-corrected chi connectivity index (χ0v) is 17.7. The Morgan fingerprint density at radius 1 is 0.938 bits per heavy atom. The molecule has 1 atom stereocenters. The number of para-hydroxylation sites is 1. The molecular formula is C27H22N4O. The highest BCUT2D eigenvalue weighted by Gasteiger charge is 2.43. The zero-order chi connectivity index (χ0) is 22.0. The number of aliphatic imine (C=N–C) groups is 1. The molecule has 0 N–H and O–H groups in total. The van der Waals surface area contributed by atoms with Crippen molar-refractivity contribution in [1.29, 1.82) is 10.5 Å². The van der Waals surface area contributed by atoms with E-state index in [0.29, 0.717) is 12.0 Å². The lowest BCUT2D eigenvalue weighted by Crippen LogP contribution is -2.54. The second kappa shape index (κ2) is 8.21. The van der Waals surface area contributed by atoms with Gasteiger partial charge in [0, 0.05) is 24.2 Å². The molecule has 2 heterocycles. The highest BCUT2D eigenvalue weighted by molar-refractivity contribution is 6.06. The Hall–Kier alpha value is -4.09. The molecule has 2 aliphatic heterocycles. The summed E-state index contributed by atoms with van der Waals surface area (Å²) in [5.74, 6) is 0.764. The van der Waals surface area contributed by atoms with Crippen molar-refractivity contribution < 1.29 is 4.74 Å². The predicted molar refractivity (Wildman–Crippen MR) is 125 cm³/mol. The van der Waals surface area contributed by atoms with Crippen LogP contribution in [0.4, 0.5) is 5.69 Å². The quantitative estimate of drug-likeness (QED) is 0.528. The van der Waals surface area contributed by atoms with Gasteiger partial charge in [0.05, 0.1) is 23.9 Å². The fourth-order valence-electron chi connectivity index (χ4n) is 4.81. The second-order valence-electron chi connectivity index (χ2n) is 8.38. The first kappa shape index (κ1) is 19.8. The summed E-state index contributed by atoms with van der Waals surface area (Å²) in [5, 5.41) is 18.6. The van der Waals surface area contributed by atoms with Gasteiger partial charge in [-0.1, -0.05) is 36.4 Å². The monoisotopic (exact) mass is 418 g/mol. The van der Waals surface area contributed by atoms with Crippen molar-refractivity contribution in [2.24, 2.45) is 4.99 Å². The summed E-state index contributed by atoms with van der Waals surface area (Å²) in [6.45, 7) is 1.74. The van der Waals surface area contributed by atoms with Crippen molar-refractivity contribution in [2.75, 3.05) is 18.0 Å². The van der Waals surface area contributed by atoms with Crippen LogP contribution in [0.5, 0.6) is 5.75 Å². The fourth-order valence-corrected chi connectivity index (χ4v) is 4.81. The van der Waals surface area contributed by atoms with Gasteiger partial charge in [0.1, 0.15) is 11.4 Å². The van der Waals surface area contributed by atoms with E-state index in [9.17, 15) is 10.5 Å². The van der Waals surface area contributed by atoms with Crippen LogP contribution in [-0.2, 0) is 0 Å². The highest BCUT2D eigenvalue weighted by Crippen LogP contribution is 2.41. The van der Waals surface area contributed by atoms with E-state index in [0.717, 1.165) is 54.1 Å². The van der Waals surface area contributed by atoms with E-state index in [2.05, 4.69) is 40.2 Å². The molecule has 32 heavy (non-hydrogen) atoms. The Bertz CT molecular complexity index is 1270. The van der Waals surface area contributed by atoms with Gasteiger partial charge in [-0.05, 0) is 60.4 Å².